The van der Waals surface area contributed by atoms with Gasteiger partial charge in [0.1, 0.15) is 0 Å². The molecule has 0 aliphatic carbocycles. The Morgan fingerprint density at radius 1 is 1.20 bits per heavy atom. The van der Waals surface area contributed by atoms with Gasteiger partial charge in [-0.05, 0) is 71.8 Å². The highest BCUT2D eigenvalue weighted by molar-refractivity contribution is 7.12. The van der Waals surface area contributed by atoms with Gasteiger partial charge in [0.15, 0.2) is 0 Å². The second-order valence-electron chi connectivity index (χ2n) is 5.83. The summed E-state index contributed by atoms with van der Waals surface area (Å²) in [7, 11) is 0. The molecule has 2 nitrogen and oxygen atoms in total. The topological polar surface area (TPSA) is 15.3 Å². The lowest BCUT2D eigenvalue weighted by Gasteiger charge is -2.22. The molecule has 2 atom stereocenters. The third-order valence-corrected chi connectivity index (χ3v) is 5.07. The van der Waals surface area contributed by atoms with E-state index in [1.807, 2.05) is 11.3 Å². The zero-order valence-corrected chi connectivity index (χ0v) is 14.9. The highest BCUT2D eigenvalue weighted by atomic mass is 32.1. The number of rotatable bonds is 9. The number of nitrogens with zero attached hydrogens (tertiary/aromatic N) is 1. The van der Waals surface area contributed by atoms with Gasteiger partial charge in [-0.1, -0.05) is 13.8 Å². The highest BCUT2D eigenvalue weighted by Crippen LogP contribution is 2.26. The molecule has 0 aliphatic rings. The molecule has 0 fully saturated rings. The second kappa shape index (κ2) is 8.81. The Kier molecular flexibility index (Phi) is 7.78. The summed E-state index contributed by atoms with van der Waals surface area (Å²) in [4.78, 5) is 5.38. The van der Waals surface area contributed by atoms with Gasteiger partial charge in [-0.25, -0.2) is 0 Å². The van der Waals surface area contributed by atoms with E-state index in [1.165, 1.54) is 47.8 Å². The Morgan fingerprint density at radius 3 is 2.35 bits per heavy atom. The molecule has 0 saturated carbocycles. The number of thiophene rings is 1. The van der Waals surface area contributed by atoms with E-state index < -0.39 is 0 Å². The fourth-order valence-corrected chi connectivity index (χ4v) is 3.86. The second-order valence-corrected chi connectivity index (χ2v) is 7.29. The van der Waals surface area contributed by atoms with E-state index in [2.05, 4.69) is 57.8 Å². The molecule has 2 unspecified atom stereocenters. The summed E-state index contributed by atoms with van der Waals surface area (Å²) < 4.78 is 0. The van der Waals surface area contributed by atoms with Crippen LogP contribution in [0.15, 0.2) is 6.07 Å². The van der Waals surface area contributed by atoms with Gasteiger partial charge in [0.2, 0.25) is 0 Å². The molecule has 1 aromatic rings. The number of hydrogen-bond acceptors (Lipinski definition) is 3. The molecule has 116 valence electrons. The van der Waals surface area contributed by atoms with Crippen molar-refractivity contribution in [1.29, 1.82) is 0 Å². The maximum Gasteiger partial charge on any atom is 0.0305 e. The van der Waals surface area contributed by atoms with Gasteiger partial charge < -0.3 is 10.2 Å². The van der Waals surface area contributed by atoms with Crippen molar-refractivity contribution in [2.24, 2.45) is 0 Å². The Balaban J connectivity index is 2.35. The van der Waals surface area contributed by atoms with Crippen molar-refractivity contribution >= 4 is 11.3 Å². The van der Waals surface area contributed by atoms with Crippen LogP contribution in [0.4, 0.5) is 0 Å². The Bertz CT molecular complexity index is 382. The van der Waals surface area contributed by atoms with Crippen LogP contribution in [0.1, 0.15) is 61.9 Å². The molecule has 1 N–H and O–H groups in total. The molecule has 0 bridgehead atoms. The van der Waals surface area contributed by atoms with Crippen molar-refractivity contribution in [2.45, 2.75) is 66.5 Å². The fraction of sp³-hybridized carbons (Fsp3) is 0.765. The van der Waals surface area contributed by atoms with Crippen LogP contribution in [0.3, 0.4) is 0 Å². The molecular formula is C17H32N2S. The van der Waals surface area contributed by atoms with Gasteiger partial charge in [-0.15, -0.1) is 11.3 Å². The van der Waals surface area contributed by atoms with Crippen molar-refractivity contribution in [3.05, 3.63) is 21.4 Å². The quantitative estimate of drug-likeness (QED) is 0.720. The maximum atomic E-state index is 3.75. The summed E-state index contributed by atoms with van der Waals surface area (Å²) in [5, 5.41) is 3.75. The number of nitrogens with one attached hydrogen (secondary N) is 1. The SMILES string of the molecule is CCN(CC)CCCC(C)NC(C)c1cc(C)sc1C. The summed E-state index contributed by atoms with van der Waals surface area (Å²) in [6.45, 7) is 17.1. The van der Waals surface area contributed by atoms with Crippen LogP contribution in [0.5, 0.6) is 0 Å². The lowest BCUT2D eigenvalue weighted by Crippen LogP contribution is -2.31. The van der Waals surface area contributed by atoms with Crippen LogP contribution >= 0.6 is 11.3 Å². The average molecular weight is 297 g/mol. The first kappa shape index (κ1) is 17.7. The first-order chi connectivity index (χ1) is 9.47. The van der Waals surface area contributed by atoms with Crippen molar-refractivity contribution < 1.29 is 0 Å². The molecule has 0 spiro atoms. The molecule has 20 heavy (non-hydrogen) atoms. The molecule has 0 aromatic carbocycles. The number of hydrogen-bond donors (Lipinski definition) is 1. The van der Waals surface area contributed by atoms with E-state index >= 15 is 0 Å². The van der Waals surface area contributed by atoms with E-state index in [9.17, 15) is 0 Å². The maximum absolute atomic E-state index is 3.75. The minimum Gasteiger partial charge on any atom is -0.308 e. The monoisotopic (exact) mass is 296 g/mol. The predicted molar refractivity (Wildman–Crippen MR) is 91.8 cm³/mol. The van der Waals surface area contributed by atoms with E-state index in [0.29, 0.717) is 12.1 Å². The van der Waals surface area contributed by atoms with E-state index in [1.54, 1.807) is 0 Å². The largest absolute Gasteiger partial charge is 0.308 e. The van der Waals surface area contributed by atoms with Crippen LogP contribution in [-0.2, 0) is 0 Å². The standard InChI is InChI=1S/C17H32N2S/c1-7-19(8-2)11-9-10-13(3)18-15(5)17-12-14(4)20-16(17)6/h12-13,15,18H,7-11H2,1-6H3. The molecule has 1 heterocycles. The lowest BCUT2D eigenvalue weighted by molar-refractivity contribution is 0.288. The summed E-state index contributed by atoms with van der Waals surface area (Å²) >= 11 is 1.91. The third kappa shape index (κ3) is 5.55. The zero-order valence-electron chi connectivity index (χ0n) is 14.1. The van der Waals surface area contributed by atoms with Crippen LogP contribution < -0.4 is 5.32 Å². The molecule has 1 aromatic heterocycles. The normalized spacial score (nSPS) is 14.8. The number of aryl methyl sites for hydroxylation is 2. The minimum atomic E-state index is 0.461. The molecular weight excluding hydrogens is 264 g/mol. The lowest BCUT2D eigenvalue weighted by atomic mass is 10.1. The molecule has 0 aliphatic heterocycles. The van der Waals surface area contributed by atoms with Crippen molar-refractivity contribution in [3.63, 3.8) is 0 Å². The smallest absolute Gasteiger partial charge is 0.0305 e. The molecule has 1 rings (SSSR count). The summed E-state index contributed by atoms with van der Waals surface area (Å²) in [6.07, 6.45) is 2.53. The van der Waals surface area contributed by atoms with E-state index in [4.69, 9.17) is 0 Å². The predicted octanol–water partition coefficient (Wildman–Crippen LogP) is 4.53. The van der Waals surface area contributed by atoms with Gasteiger partial charge in [0.25, 0.3) is 0 Å². The minimum absolute atomic E-state index is 0.461. The highest BCUT2D eigenvalue weighted by Gasteiger charge is 2.13. The Labute approximate surface area is 129 Å². The van der Waals surface area contributed by atoms with Crippen molar-refractivity contribution in [1.82, 2.24) is 10.2 Å². The van der Waals surface area contributed by atoms with Gasteiger partial charge in [0.05, 0.1) is 0 Å². The molecule has 0 amide bonds. The molecule has 0 saturated heterocycles. The van der Waals surface area contributed by atoms with Crippen LogP contribution in [0, 0.1) is 13.8 Å². The van der Waals surface area contributed by atoms with E-state index in [-0.39, 0.29) is 0 Å². The average Bonchev–Trinajstić information content (AvgIpc) is 2.74. The first-order valence-corrected chi connectivity index (χ1v) is 8.84. The van der Waals surface area contributed by atoms with Gasteiger partial charge >= 0.3 is 0 Å². The van der Waals surface area contributed by atoms with E-state index in [0.717, 1.165) is 0 Å². The summed E-state index contributed by atoms with van der Waals surface area (Å²) in [5.74, 6) is 0. The summed E-state index contributed by atoms with van der Waals surface area (Å²) in [6, 6.07) is 3.38. The van der Waals surface area contributed by atoms with Crippen molar-refractivity contribution in [3.8, 4) is 0 Å². The van der Waals surface area contributed by atoms with Crippen LogP contribution in [0.25, 0.3) is 0 Å². The van der Waals surface area contributed by atoms with Gasteiger partial charge in [0, 0.05) is 21.8 Å². The summed E-state index contributed by atoms with van der Waals surface area (Å²) in [5.41, 5.74) is 1.48. The van der Waals surface area contributed by atoms with Gasteiger partial charge in [-0.2, -0.15) is 0 Å². The molecule has 0 radical (unpaired) electrons. The molecule has 3 heteroatoms. The fourth-order valence-electron chi connectivity index (χ4n) is 2.84. The van der Waals surface area contributed by atoms with Gasteiger partial charge in [-0.3, -0.25) is 0 Å². The van der Waals surface area contributed by atoms with Crippen molar-refractivity contribution in [2.75, 3.05) is 19.6 Å². The van der Waals surface area contributed by atoms with Crippen LogP contribution in [-0.4, -0.2) is 30.6 Å². The third-order valence-electron chi connectivity index (χ3n) is 4.09. The Morgan fingerprint density at radius 2 is 1.85 bits per heavy atom. The van der Waals surface area contributed by atoms with Crippen LogP contribution in [0.2, 0.25) is 0 Å². The first-order valence-electron chi connectivity index (χ1n) is 8.03. The zero-order chi connectivity index (χ0) is 15.1. The Hall–Kier alpha value is -0.380.